The van der Waals surface area contributed by atoms with Crippen molar-refractivity contribution in [2.75, 3.05) is 4.90 Å². The summed E-state index contributed by atoms with van der Waals surface area (Å²) in [5.74, 6) is 0. The van der Waals surface area contributed by atoms with E-state index in [0.717, 1.165) is 50.3 Å². The first-order valence-corrected chi connectivity index (χ1v) is 16.7. The number of rotatable bonds is 5. The molecule has 49 heavy (non-hydrogen) atoms. The molecule has 0 spiro atoms. The maximum atomic E-state index is 6.42. The van der Waals surface area contributed by atoms with Crippen LogP contribution in [0.5, 0.6) is 0 Å². The molecule has 0 amide bonds. The fourth-order valence-corrected chi connectivity index (χ4v) is 7.56. The van der Waals surface area contributed by atoms with Crippen molar-refractivity contribution in [1.82, 2.24) is 4.57 Å². The second-order valence-corrected chi connectivity index (χ2v) is 12.6. The summed E-state index contributed by atoms with van der Waals surface area (Å²) < 4.78 is 8.84. The second kappa shape index (κ2) is 11.0. The minimum Gasteiger partial charge on any atom is -0.456 e. The first-order chi connectivity index (χ1) is 24.3. The minimum absolute atomic E-state index is 0.870. The monoisotopic (exact) mass is 626 g/mol. The van der Waals surface area contributed by atoms with Gasteiger partial charge in [0.2, 0.25) is 0 Å². The Morgan fingerprint density at radius 3 is 1.96 bits per heavy atom. The van der Waals surface area contributed by atoms with Crippen LogP contribution in [-0.4, -0.2) is 4.57 Å². The highest BCUT2D eigenvalue weighted by Gasteiger charge is 2.21. The number of hydrogen-bond acceptors (Lipinski definition) is 2. The summed E-state index contributed by atoms with van der Waals surface area (Å²) in [6.07, 6.45) is 0. The van der Waals surface area contributed by atoms with Crippen molar-refractivity contribution in [3.8, 4) is 16.8 Å². The van der Waals surface area contributed by atoms with Gasteiger partial charge in [0.05, 0.1) is 16.7 Å². The van der Waals surface area contributed by atoms with Crippen LogP contribution in [0, 0.1) is 0 Å². The molecule has 0 radical (unpaired) electrons. The molecule has 0 saturated heterocycles. The van der Waals surface area contributed by atoms with Crippen molar-refractivity contribution < 1.29 is 4.42 Å². The van der Waals surface area contributed by atoms with Crippen molar-refractivity contribution in [1.29, 1.82) is 0 Å². The fourth-order valence-electron chi connectivity index (χ4n) is 7.56. The zero-order valence-corrected chi connectivity index (χ0v) is 26.6. The lowest BCUT2D eigenvalue weighted by Crippen LogP contribution is -2.11. The van der Waals surface area contributed by atoms with Crippen LogP contribution in [0.4, 0.5) is 17.1 Å². The Morgan fingerprint density at radius 1 is 0.429 bits per heavy atom. The van der Waals surface area contributed by atoms with Gasteiger partial charge in [0, 0.05) is 55.6 Å². The summed E-state index contributed by atoms with van der Waals surface area (Å²) in [5.41, 5.74) is 10.8. The number of para-hydroxylation sites is 3. The average molecular weight is 627 g/mol. The first kappa shape index (κ1) is 27.5. The van der Waals surface area contributed by atoms with E-state index < -0.39 is 0 Å². The van der Waals surface area contributed by atoms with Crippen molar-refractivity contribution in [2.24, 2.45) is 0 Å². The summed E-state index contributed by atoms with van der Waals surface area (Å²) in [4.78, 5) is 2.38. The van der Waals surface area contributed by atoms with Crippen LogP contribution in [0.2, 0.25) is 0 Å². The molecule has 3 heteroatoms. The lowest BCUT2D eigenvalue weighted by Gasteiger charge is -2.28. The molecule has 230 valence electrons. The van der Waals surface area contributed by atoms with Crippen molar-refractivity contribution >= 4 is 71.6 Å². The molecule has 10 aromatic rings. The molecule has 2 heterocycles. The highest BCUT2D eigenvalue weighted by molar-refractivity contribution is 6.19. The van der Waals surface area contributed by atoms with E-state index in [0.29, 0.717) is 0 Å². The third-order valence-electron chi connectivity index (χ3n) is 9.76. The molecule has 2 aromatic heterocycles. The van der Waals surface area contributed by atoms with Crippen LogP contribution in [0.15, 0.2) is 186 Å². The van der Waals surface area contributed by atoms with Gasteiger partial charge in [-0.1, -0.05) is 121 Å². The van der Waals surface area contributed by atoms with Crippen LogP contribution in [-0.2, 0) is 0 Å². The van der Waals surface area contributed by atoms with E-state index in [1.54, 1.807) is 0 Å². The molecule has 8 aromatic carbocycles. The number of hydrogen-bond donors (Lipinski definition) is 0. The molecule has 0 saturated carbocycles. The van der Waals surface area contributed by atoms with Crippen LogP contribution in [0.1, 0.15) is 0 Å². The molecule has 3 nitrogen and oxygen atoms in total. The van der Waals surface area contributed by atoms with Crippen LogP contribution in [0.3, 0.4) is 0 Å². The lowest BCUT2D eigenvalue weighted by molar-refractivity contribution is 0.669. The van der Waals surface area contributed by atoms with Crippen molar-refractivity contribution in [3.05, 3.63) is 182 Å². The average Bonchev–Trinajstić information content (AvgIpc) is 3.71. The number of benzene rings is 8. The smallest absolute Gasteiger partial charge is 0.137 e. The van der Waals surface area contributed by atoms with E-state index >= 15 is 0 Å². The Bertz CT molecular complexity index is 2830. The van der Waals surface area contributed by atoms with E-state index in [9.17, 15) is 0 Å². The normalized spacial score (nSPS) is 11.7. The second-order valence-electron chi connectivity index (χ2n) is 12.6. The Kier molecular flexibility index (Phi) is 6.18. The van der Waals surface area contributed by atoms with Gasteiger partial charge in [0.25, 0.3) is 0 Å². The van der Waals surface area contributed by atoms with Gasteiger partial charge in [-0.25, -0.2) is 0 Å². The van der Waals surface area contributed by atoms with Gasteiger partial charge < -0.3 is 13.9 Å². The topological polar surface area (TPSA) is 21.3 Å². The molecule has 0 aliphatic heterocycles. The maximum Gasteiger partial charge on any atom is 0.137 e. The van der Waals surface area contributed by atoms with Gasteiger partial charge >= 0.3 is 0 Å². The first-order valence-electron chi connectivity index (χ1n) is 16.7. The molecule has 0 N–H and O–H groups in total. The third-order valence-corrected chi connectivity index (χ3v) is 9.76. The molecule has 0 atom stereocenters. The fraction of sp³-hybridized carbons (Fsp3) is 0. The van der Waals surface area contributed by atoms with Gasteiger partial charge in [0.1, 0.15) is 11.2 Å². The Hall–Kier alpha value is -6.58. The predicted octanol–water partition coefficient (Wildman–Crippen LogP) is 13.0. The molecule has 0 fully saturated rings. The highest BCUT2D eigenvalue weighted by Crippen LogP contribution is 2.45. The maximum absolute atomic E-state index is 6.42. The zero-order valence-electron chi connectivity index (χ0n) is 26.6. The van der Waals surface area contributed by atoms with E-state index in [4.69, 9.17) is 4.42 Å². The van der Waals surface area contributed by atoms with Crippen molar-refractivity contribution in [2.45, 2.75) is 0 Å². The summed E-state index contributed by atoms with van der Waals surface area (Å²) in [6, 6.07) is 65.0. The SMILES string of the molecule is c1ccc(-c2ccccc2N(c2ccc3c(c2)oc2ccccc23)c2ccc3c(c2)c2ccc4ccccc4c2n3-c2ccccc2)cc1. The van der Waals surface area contributed by atoms with Gasteiger partial charge in [-0.2, -0.15) is 0 Å². The van der Waals surface area contributed by atoms with E-state index in [-0.39, 0.29) is 0 Å². The number of furan rings is 1. The molecule has 10 rings (SSSR count). The van der Waals surface area contributed by atoms with Gasteiger partial charge in [-0.15, -0.1) is 0 Å². The predicted molar refractivity (Wildman–Crippen MR) is 206 cm³/mol. The molecular weight excluding hydrogens is 597 g/mol. The van der Waals surface area contributed by atoms with E-state index in [1.807, 2.05) is 12.1 Å². The van der Waals surface area contributed by atoms with Gasteiger partial charge in [-0.3, -0.25) is 0 Å². The van der Waals surface area contributed by atoms with Gasteiger partial charge in [-0.05, 0) is 65.5 Å². The number of fused-ring (bicyclic) bond motifs is 8. The molecule has 0 aliphatic rings. The highest BCUT2D eigenvalue weighted by atomic mass is 16.3. The zero-order chi connectivity index (χ0) is 32.3. The van der Waals surface area contributed by atoms with E-state index in [2.05, 4.69) is 179 Å². The van der Waals surface area contributed by atoms with Gasteiger partial charge in [0.15, 0.2) is 0 Å². The quantitative estimate of drug-likeness (QED) is 0.190. The summed E-state index contributed by atoms with van der Waals surface area (Å²) in [6.45, 7) is 0. The largest absolute Gasteiger partial charge is 0.456 e. The van der Waals surface area contributed by atoms with Crippen molar-refractivity contribution in [3.63, 3.8) is 0 Å². The number of anilines is 3. The van der Waals surface area contributed by atoms with Crippen LogP contribution in [0.25, 0.3) is 71.3 Å². The Labute approximate surface area is 283 Å². The minimum atomic E-state index is 0.870. The Balaban J connectivity index is 1.27. The van der Waals surface area contributed by atoms with Crippen LogP contribution >= 0.6 is 0 Å². The van der Waals surface area contributed by atoms with E-state index in [1.165, 1.54) is 38.1 Å². The standard InChI is InChI=1S/C46H30N2O/c1-3-13-31(14-4-1)36-18-9-11-21-42(36)47(35-24-27-39-38-20-10-12-22-44(38)49-45(39)30-35)34-25-28-43-41(29-34)40-26-23-32-15-7-8-19-37(32)46(40)48(43)33-16-5-2-6-17-33/h1-30H. The summed E-state index contributed by atoms with van der Waals surface area (Å²) >= 11 is 0. The Morgan fingerprint density at radius 2 is 1.08 bits per heavy atom. The molecule has 0 unspecified atom stereocenters. The summed E-state index contributed by atoms with van der Waals surface area (Å²) in [7, 11) is 0. The molecular formula is C46H30N2O. The lowest BCUT2D eigenvalue weighted by atomic mass is 10.0. The third kappa shape index (κ3) is 4.37. The number of nitrogens with zero attached hydrogens (tertiary/aromatic N) is 2. The molecule has 0 bridgehead atoms. The van der Waals surface area contributed by atoms with Crippen LogP contribution < -0.4 is 4.90 Å². The number of aromatic nitrogens is 1. The molecule has 0 aliphatic carbocycles. The summed E-state index contributed by atoms with van der Waals surface area (Å²) in [5, 5.41) is 7.14.